The maximum atomic E-state index is 12.8. The summed E-state index contributed by atoms with van der Waals surface area (Å²) in [5.74, 6) is -0.303. The number of nitriles is 1. The highest BCUT2D eigenvalue weighted by molar-refractivity contribution is 6.00. The Kier molecular flexibility index (Phi) is 5.37. The van der Waals surface area contributed by atoms with Crippen LogP contribution in [0.3, 0.4) is 0 Å². The third-order valence-electron chi connectivity index (χ3n) is 5.27. The average molecular weight is 415 g/mol. The topological polar surface area (TPSA) is 130 Å². The summed E-state index contributed by atoms with van der Waals surface area (Å²) in [6, 6.07) is 10.1. The molecule has 156 valence electrons. The lowest BCUT2D eigenvalue weighted by molar-refractivity contribution is 0.0783. The van der Waals surface area contributed by atoms with Crippen molar-refractivity contribution < 1.29 is 9.59 Å². The van der Waals surface area contributed by atoms with Gasteiger partial charge in [0.05, 0.1) is 23.4 Å². The summed E-state index contributed by atoms with van der Waals surface area (Å²) >= 11 is 0. The quantitative estimate of drug-likeness (QED) is 0.665. The van der Waals surface area contributed by atoms with Crippen molar-refractivity contribution in [3.63, 3.8) is 0 Å². The van der Waals surface area contributed by atoms with Crippen LogP contribution in [-0.2, 0) is 7.05 Å². The normalized spacial score (nSPS) is 15.5. The van der Waals surface area contributed by atoms with Crippen LogP contribution in [0.5, 0.6) is 0 Å². The number of anilines is 1. The van der Waals surface area contributed by atoms with Crippen LogP contribution in [0.25, 0.3) is 11.1 Å². The van der Waals surface area contributed by atoms with Gasteiger partial charge in [-0.3, -0.25) is 14.3 Å². The van der Waals surface area contributed by atoms with Crippen molar-refractivity contribution in [2.75, 3.05) is 18.8 Å². The molecule has 3 aromatic rings. The largest absolute Gasteiger partial charge is 0.383 e. The number of carbonyl (C=O) groups excluding carboxylic acids is 2. The van der Waals surface area contributed by atoms with Crippen molar-refractivity contribution in [2.24, 2.45) is 7.05 Å². The van der Waals surface area contributed by atoms with Gasteiger partial charge in [-0.1, -0.05) is 0 Å². The second kappa shape index (κ2) is 8.28. The molecule has 2 aromatic heterocycles. The Labute approximate surface area is 179 Å². The molecule has 0 aliphatic carbocycles. The summed E-state index contributed by atoms with van der Waals surface area (Å²) in [7, 11) is 1.81. The van der Waals surface area contributed by atoms with Crippen LogP contribution in [0.4, 0.5) is 5.82 Å². The lowest BCUT2D eigenvalue weighted by Gasteiger charge is -2.17. The van der Waals surface area contributed by atoms with E-state index in [9.17, 15) is 9.59 Å². The standard InChI is InChI=1S/C22H21N7O2/c1-28-12-17(11-26-28)16-8-19(20(24)25-10-16)21(30)27-18-6-7-29(13-18)22(31)15-4-2-14(9-23)3-5-15/h2-5,8,10-12,18H,6-7,13H2,1H3,(H2,24,25)(H,27,30)/t18-/m1/s1. The SMILES string of the molecule is Cn1cc(-c2cnc(N)c(C(=O)N[C@@H]3CCN(C(=O)c4ccc(C#N)cc4)C3)c2)cn1. The number of aryl methyl sites for hydroxylation is 1. The highest BCUT2D eigenvalue weighted by atomic mass is 16.2. The molecule has 3 N–H and O–H groups in total. The van der Waals surface area contributed by atoms with E-state index in [-0.39, 0.29) is 23.7 Å². The summed E-state index contributed by atoms with van der Waals surface area (Å²) in [5, 5.41) is 16.0. The number of rotatable bonds is 4. The van der Waals surface area contributed by atoms with Gasteiger partial charge < -0.3 is 16.0 Å². The lowest BCUT2D eigenvalue weighted by atomic mass is 10.1. The minimum Gasteiger partial charge on any atom is -0.383 e. The lowest BCUT2D eigenvalue weighted by Crippen LogP contribution is -2.38. The number of nitrogen functional groups attached to an aromatic ring is 1. The van der Waals surface area contributed by atoms with E-state index in [1.54, 1.807) is 52.3 Å². The molecule has 1 aliphatic heterocycles. The molecule has 0 bridgehead atoms. The Balaban J connectivity index is 1.42. The number of nitrogens with two attached hydrogens (primary N) is 1. The number of nitrogens with one attached hydrogen (secondary N) is 1. The Hall–Kier alpha value is -4.19. The average Bonchev–Trinajstić information content (AvgIpc) is 3.42. The smallest absolute Gasteiger partial charge is 0.255 e. The fraction of sp³-hybridized carbons (Fsp3) is 0.227. The summed E-state index contributed by atoms with van der Waals surface area (Å²) < 4.78 is 1.67. The molecule has 0 saturated carbocycles. The van der Waals surface area contributed by atoms with E-state index in [1.807, 2.05) is 19.3 Å². The third-order valence-corrected chi connectivity index (χ3v) is 5.27. The Bertz CT molecular complexity index is 1180. The van der Waals surface area contributed by atoms with Crippen LogP contribution < -0.4 is 11.1 Å². The molecule has 9 heteroatoms. The number of aromatic nitrogens is 3. The molecule has 4 rings (SSSR count). The number of nitrogens with zero attached hydrogens (tertiary/aromatic N) is 5. The Morgan fingerprint density at radius 1 is 1.23 bits per heavy atom. The number of amides is 2. The van der Waals surface area contributed by atoms with Crippen LogP contribution in [-0.4, -0.2) is 50.6 Å². The molecule has 1 atom stereocenters. The second-order valence-electron chi connectivity index (χ2n) is 7.46. The fourth-order valence-electron chi connectivity index (χ4n) is 3.58. The molecule has 31 heavy (non-hydrogen) atoms. The first kappa shape index (κ1) is 20.1. The van der Waals surface area contributed by atoms with Gasteiger partial charge in [0.2, 0.25) is 0 Å². The van der Waals surface area contributed by atoms with Crippen LogP contribution in [0.15, 0.2) is 48.9 Å². The van der Waals surface area contributed by atoms with Gasteiger partial charge in [-0.15, -0.1) is 0 Å². The number of likely N-dealkylation sites (tertiary alicyclic amines) is 1. The van der Waals surface area contributed by atoms with Gasteiger partial charge in [-0.25, -0.2) is 4.98 Å². The van der Waals surface area contributed by atoms with Crippen LogP contribution in [0.1, 0.15) is 32.7 Å². The van der Waals surface area contributed by atoms with Gasteiger partial charge in [-0.05, 0) is 36.8 Å². The molecular formula is C22H21N7O2. The van der Waals surface area contributed by atoms with Crippen molar-refractivity contribution in [1.82, 2.24) is 25.0 Å². The van der Waals surface area contributed by atoms with Gasteiger partial charge in [0, 0.05) is 55.3 Å². The fourth-order valence-corrected chi connectivity index (χ4v) is 3.58. The number of hydrogen-bond donors (Lipinski definition) is 2. The summed E-state index contributed by atoms with van der Waals surface area (Å²) in [5.41, 5.74) is 8.84. The predicted molar refractivity (Wildman–Crippen MR) is 114 cm³/mol. The summed E-state index contributed by atoms with van der Waals surface area (Å²) in [6.45, 7) is 0.938. The second-order valence-corrected chi connectivity index (χ2v) is 7.46. The van der Waals surface area contributed by atoms with Crippen molar-refractivity contribution in [3.05, 3.63) is 65.6 Å². The molecule has 0 radical (unpaired) electrons. The number of benzene rings is 1. The van der Waals surface area contributed by atoms with Crippen molar-refractivity contribution in [1.29, 1.82) is 5.26 Å². The Morgan fingerprint density at radius 2 is 2.00 bits per heavy atom. The first-order valence-corrected chi connectivity index (χ1v) is 9.79. The first-order chi connectivity index (χ1) is 14.9. The minimum atomic E-state index is -0.326. The van der Waals surface area contributed by atoms with E-state index < -0.39 is 0 Å². The molecule has 0 unspecified atom stereocenters. The summed E-state index contributed by atoms with van der Waals surface area (Å²) in [6.07, 6.45) is 5.77. The van der Waals surface area contributed by atoms with Crippen molar-refractivity contribution in [2.45, 2.75) is 12.5 Å². The number of carbonyl (C=O) groups is 2. The zero-order chi connectivity index (χ0) is 22.0. The van der Waals surface area contributed by atoms with Gasteiger partial charge in [0.1, 0.15) is 5.82 Å². The maximum absolute atomic E-state index is 12.8. The molecular weight excluding hydrogens is 394 g/mol. The number of hydrogen-bond acceptors (Lipinski definition) is 6. The summed E-state index contributed by atoms with van der Waals surface area (Å²) in [4.78, 5) is 31.4. The minimum absolute atomic E-state index is 0.124. The van der Waals surface area contributed by atoms with Gasteiger partial charge >= 0.3 is 0 Å². The van der Waals surface area contributed by atoms with Crippen molar-refractivity contribution in [3.8, 4) is 17.2 Å². The molecule has 1 aliphatic rings. The van der Waals surface area contributed by atoms with Gasteiger partial charge in [-0.2, -0.15) is 10.4 Å². The molecule has 1 saturated heterocycles. The third kappa shape index (κ3) is 4.23. The van der Waals surface area contributed by atoms with E-state index in [4.69, 9.17) is 11.0 Å². The van der Waals surface area contributed by atoms with Crippen LogP contribution in [0, 0.1) is 11.3 Å². The van der Waals surface area contributed by atoms with Crippen LogP contribution in [0.2, 0.25) is 0 Å². The zero-order valence-corrected chi connectivity index (χ0v) is 16.9. The zero-order valence-electron chi connectivity index (χ0n) is 16.9. The van der Waals surface area contributed by atoms with E-state index in [2.05, 4.69) is 15.4 Å². The van der Waals surface area contributed by atoms with Gasteiger partial charge in [0.15, 0.2) is 0 Å². The first-order valence-electron chi connectivity index (χ1n) is 9.79. The predicted octanol–water partition coefficient (Wildman–Crippen LogP) is 1.58. The molecule has 9 nitrogen and oxygen atoms in total. The maximum Gasteiger partial charge on any atom is 0.255 e. The Morgan fingerprint density at radius 3 is 2.68 bits per heavy atom. The van der Waals surface area contributed by atoms with E-state index >= 15 is 0 Å². The monoisotopic (exact) mass is 415 g/mol. The molecule has 0 spiro atoms. The van der Waals surface area contributed by atoms with Crippen LogP contribution >= 0.6 is 0 Å². The molecule has 1 fully saturated rings. The van der Waals surface area contributed by atoms with E-state index in [1.165, 1.54) is 0 Å². The number of pyridine rings is 1. The molecule has 1 aromatic carbocycles. The molecule has 3 heterocycles. The van der Waals surface area contributed by atoms with E-state index in [0.29, 0.717) is 36.2 Å². The highest BCUT2D eigenvalue weighted by Gasteiger charge is 2.28. The molecule has 2 amide bonds. The van der Waals surface area contributed by atoms with Crippen molar-refractivity contribution >= 4 is 17.6 Å². The van der Waals surface area contributed by atoms with E-state index in [0.717, 1.165) is 11.1 Å². The highest BCUT2D eigenvalue weighted by Crippen LogP contribution is 2.22. The van der Waals surface area contributed by atoms with Gasteiger partial charge in [0.25, 0.3) is 11.8 Å².